The number of hydrogen-bond acceptors (Lipinski definition) is 5. The fourth-order valence-corrected chi connectivity index (χ4v) is 4.23. The molecule has 190 valence electrons. The number of carbonyl (C=O) groups is 1. The Morgan fingerprint density at radius 2 is 1.46 bits per heavy atom. The van der Waals surface area contributed by atoms with Crippen LogP contribution in [0.2, 0.25) is 0 Å². The van der Waals surface area contributed by atoms with Crippen LogP contribution in [0.25, 0.3) is 11.5 Å². The number of hydrogen-bond donors (Lipinski definition) is 0. The highest BCUT2D eigenvalue weighted by Gasteiger charge is 2.38. The van der Waals surface area contributed by atoms with Crippen molar-refractivity contribution in [2.24, 2.45) is 0 Å². The first-order valence-electron chi connectivity index (χ1n) is 11.8. The van der Waals surface area contributed by atoms with Crippen LogP contribution < -0.4 is 9.80 Å². The number of benzene rings is 3. The van der Waals surface area contributed by atoms with Gasteiger partial charge in [0.05, 0.1) is 6.54 Å². The minimum absolute atomic E-state index is 0.102. The van der Waals surface area contributed by atoms with Gasteiger partial charge in [0.2, 0.25) is 5.89 Å². The maximum atomic E-state index is 13.6. The molecule has 0 unspecified atom stereocenters. The minimum atomic E-state index is -4.70. The van der Waals surface area contributed by atoms with Crippen molar-refractivity contribution >= 4 is 17.4 Å². The highest BCUT2D eigenvalue weighted by atomic mass is 19.4. The van der Waals surface area contributed by atoms with Crippen LogP contribution in [0.5, 0.6) is 0 Å². The lowest BCUT2D eigenvalue weighted by Gasteiger charge is -2.38. The topological polar surface area (TPSA) is 65.7 Å². The zero-order valence-electron chi connectivity index (χ0n) is 19.8. The second kappa shape index (κ2) is 10.3. The molecular formula is C27H24F3N5O2. The van der Waals surface area contributed by atoms with Gasteiger partial charge >= 0.3 is 18.1 Å². The van der Waals surface area contributed by atoms with Crippen molar-refractivity contribution in [1.82, 2.24) is 15.1 Å². The Kier molecular flexibility index (Phi) is 6.80. The van der Waals surface area contributed by atoms with Gasteiger partial charge in [-0.25, -0.2) is 4.79 Å². The van der Waals surface area contributed by atoms with Gasteiger partial charge < -0.3 is 14.2 Å². The Morgan fingerprint density at radius 1 is 0.838 bits per heavy atom. The van der Waals surface area contributed by atoms with Crippen molar-refractivity contribution < 1.29 is 22.4 Å². The maximum absolute atomic E-state index is 13.6. The number of nitrogens with zero attached hydrogens (tertiary/aromatic N) is 5. The van der Waals surface area contributed by atoms with Gasteiger partial charge in [-0.2, -0.15) is 13.2 Å². The van der Waals surface area contributed by atoms with Crippen LogP contribution in [-0.4, -0.2) is 47.3 Å². The summed E-state index contributed by atoms with van der Waals surface area (Å²) in [6.45, 7) is 2.94. The Bertz CT molecular complexity index is 1320. The number of aromatic nitrogens is 2. The lowest BCUT2D eigenvalue weighted by Crippen LogP contribution is -2.53. The number of amides is 2. The van der Waals surface area contributed by atoms with E-state index in [9.17, 15) is 18.0 Å². The zero-order chi connectivity index (χ0) is 25.8. The van der Waals surface area contributed by atoms with E-state index in [-0.39, 0.29) is 11.9 Å². The third-order valence-corrected chi connectivity index (χ3v) is 6.18. The second-order valence-corrected chi connectivity index (χ2v) is 8.62. The van der Waals surface area contributed by atoms with Crippen molar-refractivity contribution in [3.63, 3.8) is 0 Å². The Balaban J connectivity index is 1.30. The van der Waals surface area contributed by atoms with Crippen molar-refractivity contribution in [2.45, 2.75) is 12.7 Å². The molecule has 0 spiro atoms. The van der Waals surface area contributed by atoms with E-state index in [0.29, 0.717) is 25.2 Å². The molecule has 2 heterocycles. The van der Waals surface area contributed by atoms with E-state index >= 15 is 0 Å². The first kappa shape index (κ1) is 24.4. The average molecular weight is 508 g/mol. The summed E-state index contributed by atoms with van der Waals surface area (Å²) in [5.74, 6) is -1.61. The summed E-state index contributed by atoms with van der Waals surface area (Å²) in [6.07, 6.45) is -4.70. The van der Waals surface area contributed by atoms with Gasteiger partial charge in [0.25, 0.3) is 0 Å². The van der Waals surface area contributed by atoms with Crippen LogP contribution >= 0.6 is 0 Å². The lowest BCUT2D eigenvalue weighted by molar-refractivity contribution is -0.156. The molecule has 1 aliphatic rings. The predicted octanol–water partition coefficient (Wildman–Crippen LogP) is 5.70. The minimum Gasteiger partial charge on any atom is -0.413 e. The number of para-hydroxylation sites is 2. The van der Waals surface area contributed by atoms with Crippen LogP contribution in [0.4, 0.5) is 29.3 Å². The molecular weight excluding hydrogens is 483 g/mol. The van der Waals surface area contributed by atoms with Gasteiger partial charge in [0, 0.05) is 43.1 Å². The fourth-order valence-electron chi connectivity index (χ4n) is 4.23. The van der Waals surface area contributed by atoms with E-state index in [1.165, 1.54) is 0 Å². The summed E-state index contributed by atoms with van der Waals surface area (Å²) in [5.41, 5.74) is 3.06. The summed E-state index contributed by atoms with van der Waals surface area (Å²) >= 11 is 0. The smallest absolute Gasteiger partial charge is 0.413 e. The van der Waals surface area contributed by atoms with Crippen LogP contribution in [0.3, 0.4) is 0 Å². The molecule has 0 N–H and O–H groups in total. The van der Waals surface area contributed by atoms with Gasteiger partial charge in [-0.05, 0) is 42.0 Å². The molecule has 0 atom stereocenters. The van der Waals surface area contributed by atoms with Crippen LogP contribution in [0.1, 0.15) is 11.5 Å². The van der Waals surface area contributed by atoms with Gasteiger partial charge in [0.15, 0.2) is 0 Å². The van der Waals surface area contributed by atoms with Crippen molar-refractivity contribution in [1.29, 1.82) is 0 Å². The molecule has 2 amide bonds. The summed E-state index contributed by atoms with van der Waals surface area (Å²) in [6, 6.07) is 26.1. The number of carbonyl (C=O) groups excluding carboxylic acids is 1. The molecule has 10 heteroatoms. The molecule has 1 aliphatic heterocycles. The van der Waals surface area contributed by atoms with E-state index in [1.54, 1.807) is 29.2 Å². The van der Waals surface area contributed by atoms with Gasteiger partial charge in [0.1, 0.15) is 0 Å². The second-order valence-electron chi connectivity index (χ2n) is 8.62. The molecule has 3 aromatic carbocycles. The predicted molar refractivity (Wildman–Crippen MR) is 133 cm³/mol. The zero-order valence-corrected chi connectivity index (χ0v) is 19.8. The van der Waals surface area contributed by atoms with Crippen LogP contribution in [0, 0.1) is 0 Å². The SMILES string of the molecule is O=C(N1CCN(c2ccccc2)CC1)N(Cc1ccc(-c2nnc(C(F)(F)F)o2)cc1)c1ccccc1. The summed E-state index contributed by atoms with van der Waals surface area (Å²) in [7, 11) is 0. The molecule has 0 saturated carbocycles. The largest absolute Gasteiger partial charge is 0.470 e. The van der Waals surface area contributed by atoms with Gasteiger partial charge in [-0.1, -0.05) is 48.5 Å². The average Bonchev–Trinajstić information content (AvgIpc) is 3.44. The number of piperazine rings is 1. The van der Waals surface area contributed by atoms with E-state index in [2.05, 4.69) is 27.2 Å². The molecule has 37 heavy (non-hydrogen) atoms. The number of rotatable bonds is 5. The maximum Gasteiger partial charge on any atom is 0.470 e. The van der Waals surface area contributed by atoms with Crippen molar-refractivity contribution in [3.8, 4) is 11.5 Å². The van der Waals surface area contributed by atoms with Gasteiger partial charge in [-0.15, -0.1) is 10.2 Å². The summed E-state index contributed by atoms with van der Waals surface area (Å²) < 4.78 is 43.1. The van der Waals surface area contributed by atoms with Gasteiger partial charge in [-0.3, -0.25) is 4.90 Å². The Morgan fingerprint density at radius 3 is 2.05 bits per heavy atom. The van der Waals surface area contributed by atoms with E-state index < -0.39 is 12.1 Å². The summed E-state index contributed by atoms with van der Waals surface area (Å²) in [5, 5.41) is 6.57. The quantitative estimate of drug-likeness (QED) is 0.347. The standard InChI is InChI=1S/C27H24F3N5O2/c28-27(29,30)25-32-31-24(37-25)21-13-11-20(12-14-21)19-35(23-9-5-2-6-10-23)26(36)34-17-15-33(16-18-34)22-7-3-1-4-8-22/h1-14H,15-19H2. The van der Waals surface area contributed by atoms with Crippen LogP contribution in [-0.2, 0) is 12.7 Å². The number of halogens is 3. The van der Waals surface area contributed by atoms with E-state index in [4.69, 9.17) is 4.42 Å². The summed E-state index contributed by atoms with van der Waals surface area (Å²) in [4.78, 5) is 19.4. The monoisotopic (exact) mass is 507 g/mol. The molecule has 4 aromatic rings. The van der Waals surface area contributed by atoms with Crippen LogP contribution in [0.15, 0.2) is 89.3 Å². The Labute approximate surface area is 211 Å². The third-order valence-electron chi connectivity index (χ3n) is 6.18. The number of anilines is 2. The Hall–Kier alpha value is -4.34. The van der Waals surface area contributed by atoms with Crippen molar-refractivity contribution in [3.05, 3.63) is 96.4 Å². The molecule has 0 radical (unpaired) electrons. The third kappa shape index (κ3) is 5.58. The molecule has 0 bridgehead atoms. The van der Waals surface area contributed by atoms with E-state index in [1.807, 2.05) is 53.4 Å². The molecule has 5 rings (SSSR count). The molecule has 1 saturated heterocycles. The first-order chi connectivity index (χ1) is 17.9. The fraction of sp³-hybridized carbons (Fsp3) is 0.222. The highest BCUT2D eigenvalue weighted by Crippen LogP contribution is 2.30. The molecule has 0 aliphatic carbocycles. The highest BCUT2D eigenvalue weighted by molar-refractivity contribution is 5.92. The first-order valence-corrected chi connectivity index (χ1v) is 11.8. The normalized spacial score (nSPS) is 14.0. The number of urea groups is 1. The van der Waals surface area contributed by atoms with Crippen molar-refractivity contribution in [2.75, 3.05) is 36.0 Å². The molecule has 1 fully saturated rings. The van der Waals surface area contributed by atoms with E-state index in [0.717, 1.165) is 30.0 Å². The lowest BCUT2D eigenvalue weighted by atomic mass is 10.1. The number of alkyl halides is 3. The molecule has 7 nitrogen and oxygen atoms in total. The molecule has 1 aromatic heterocycles.